The third-order valence-electron chi connectivity index (χ3n) is 5.57. The maximum atomic E-state index is 13.3. The highest BCUT2D eigenvalue weighted by atomic mass is 16.5. The second-order valence-corrected chi connectivity index (χ2v) is 7.52. The summed E-state index contributed by atoms with van der Waals surface area (Å²) in [5, 5.41) is 0. The summed E-state index contributed by atoms with van der Waals surface area (Å²) in [6.07, 6.45) is 5.03. The van der Waals surface area contributed by atoms with E-state index in [1.807, 2.05) is 59.5 Å². The van der Waals surface area contributed by atoms with Gasteiger partial charge >= 0.3 is 0 Å². The molecule has 4 rings (SSSR count). The number of anilines is 1. The number of ether oxygens (including phenoxy) is 1. The molecule has 2 N–H and O–H groups in total. The van der Waals surface area contributed by atoms with Gasteiger partial charge in [-0.15, -0.1) is 0 Å². The monoisotopic (exact) mass is 402 g/mol. The van der Waals surface area contributed by atoms with Crippen LogP contribution in [0.1, 0.15) is 36.6 Å². The lowest BCUT2D eigenvalue weighted by atomic mass is 9.93. The van der Waals surface area contributed by atoms with Crippen LogP contribution in [0.2, 0.25) is 0 Å². The van der Waals surface area contributed by atoms with E-state index < -0.39 is 0 Å². The molecule has 1 fully saturated rings. The lowest BCUT2D eigenvalue weighted by molar-refractivity contribution is -0.134. The van der Waals surface area contributed by atoms with Crippen molar-refractivity contribution in [1.29, 1.82) is 0 Å². The van der Waals surface area contributed by atoms with Gasteiger partial charge < -0.3 is 15.4 Å². The Morgan fingerprint density at radius 1 is 1.13 bits per heavy atom. The van der Waals surface area contributed by atoms with E-state index in [1.165, 1.54) is 0 Å². The van der Waals surface area contributed by atoms with Gasteiger partial charge in [0.25, 0.3) is 0 Å². The molecule has 0 radical (unpaired) electrons. The molecule has 2 heterocycles. The van der Waals surface area contributed by atoms with Crippen molar-refractivity contribution < 1.29 is 9.53 Å². The summed E-state index contributed by atoms with van der Waals surface area (Å²) in [5.41, 5.74) is 9.70. The molecule has 2 aromatic carbocycles. The van der Waals surface area contributed by atoms with E-state index in [0.29, 0.717) is 6.42 Å². The first-order valence-electron chi connectivity index (χ1n) is 10.3. The first kappa shape index (κ1) is 19.9. The smallest absolute Gasteiger partial charge is 0.227 e. The van der Waals surface area contributed by atoms with Gasteiger partial charge in [-0.05, 0) is 42.5 Å². The van der Waals surface area contributed by atoms with Crippen molar-refractivity contribution in [3.05, 3.63) is 72.1 Å². The Morgan fingerprint density at radius 3 is 2.63 bits per heavy atom. The van der Waals surface area contributed by atoms with Crippen LogP contribution in [0, 0.1) is 0 Å². The minimum Gasteiger partial charge on any atom is -0.497 e. The number of likely N-dealkylation sites (tertiary alicyclic amines) is 1. The Balaban J connectivity index is 1.64. The fraction of sp³-hybridized carbons (Fsp3) is 0.292. The van der Waals surface area contributed by atoms with Crippen LogP contribution in [0.25, 0.3) is 11.1 Å². The average molecular weight is 402 g/mol. The van der Waals surface area contributed by atoms with Gasteiger partial charge in [0.1, 0.15) is 5.75 Å². The summed E-state index contributed by atoms with van der Waals surface area (Å²) in [7, 11) is 1.64. The number of carbonyl (C=O) groups excluding carboxylic acids is 1. The lowest BCUT2D eigenvalue weighted by Crippen LogP contribution is -2.40. The van der Waals surface area contributed by atoms with E-state index in [-0.39, 0.29) is 17.9 Å². The molecule has 1 saturated heterocycles. The highest BCUT2D eigenvalue weighted by Gasteiger charge is 2.31. The van der Waals surface area contributed by atoms with Gasteiger partial charge in [0, 0.05) is 18.3 Å². The van der Waals surface area contributed by atoms with Crippen molar-refractivity contribution in [1.82, 2.24) is 14.9 Å². The number of benzene rings is 2. The standard InChI is InChI=1S/C24H26N4O2/c1-30-19-12-10-17(11-13-19)15-22(29)28-14-6-5-9-21(28)23-20(16-26-24(25)27-23)18-7-3-2-4-8-18/h2-4,7-8,10-13,16,21H,5-6,9,14-15H2,1H3,(H2,25,26,27). The molecule has 1 amide bonds. The number of nitrogens with zero attached hydrogens (tertiary/aromatic N) is 3. The molecule has 1 unspecified atom stereocenters. The molecule has 1 aliphatic rings. The summed E-state index contributed by atoms with van der Waals surface area (Å²) >= 11 is 0. The fourth-order valence-corrected chi connectivity index (χ4v) is 4.04. The molecule has 1 aliphatic heterocycles. The number of aromatic nitrogens is 2. The molecule has 3 aromatic rings. The van der Waals surface area contributed by atoms with E-state index in [2.05, 4.69) is 9.97 Å². The normalized spacial score (nSPS) is 16.3. The van der Waals surface area contributed by atoms with Crippen molar-refractivity contribution in [2.45, 2.75) is 31.7 Å². The minimum atomic E-state index is -0.106. The molecule has 6 nitrogen and oxygen atoms in total. The van der Waals surface area contributed by atoms with Gasteiger partial charge in [0.15, 0.2) is 0 Å². The Morgan fingerprint density at radius 2 is 1.90 bits per heavy atom. The highest BCUT2D eigenvalue weighted by Crippen LogP contribution is 2.36. The van der Waals surface area contributed by atoms with Crippen molar-refractivity contribution in [2.75, 3.05) is 19.4 Å². The summed E-state index contributed by atoms with van der Waals surface area (Å²) in [5.74, 6) is 1.12. The lowest BCUT2D eigenvalue weighted by Gasteiger charge is -2.36. The van der Waals surface area contributed by atoms with Gasteiger partial charge in [0.05, 0.1) is 25.3 Å². The largest absolute Gasteiger partial charge is 0.497 e. The number of rotatable bonds is 5. The fourth-order valence-electron chi connectivity index (χ4n) is 4.04. The number of nitrogen functional groups attached to an aromatic ring is 1. The summed E-state index contributed by atoms with van der Waals surface area (Å²) < 4.78 is 5.21. The number of carbonyl (C=O) groups is 1. The van der Waals surface area contributed by atoms with E-state index in [4.69, 9.17) is 10.5 Å². The first-order valence-corrected chi connectivity index (χ1v) is 10.3. The molecule has 6 heteroatoms. The van der Waals surface area contributed by atoms with Crippen molar-refractivity contribution in [3.63, 3.8) is 0 Å². The number of hydrogen-bond acceptors (Lipinski definition) is 5. The van der Waals surface area contributed by atoms with Crippen LogP contribution < -0.4 is 10.5 Å². The second-order valence-electron chi connectivity index (χ2n) is 7.52. The number of methoxy groups -OCH3 is 1. The van der Waals surface area contributed by atoms with Crippen molar-refractivity contribution in [2.24, 2.45) is 0 Å². The highest BCUT2D eigenvalue weighted by molar-refractivity contribution is 5.80. The Kier molecular flexibility index (Phi) is 5.93. The third-order valence-corrected chi connectivity index (χ3v) is 5.57. The summed E-state index contributed by atoms with van der Waals surface area (Å²) in [4.78, 5) is 24.0. The van der Waals surface area contributed by atoms with Crippen LogP contribution >= 0.6 is 0 Å². The van der Waals surface area contributed by atoms with E-state index in [1.54, 1.807) is 13.3 Å². The average Bonchev–Trinajstić information content (AvgIpc) is 2.80. The molecule has 0 spiro atoms. The SMILES string of the molecule is COc1ccc(CC(=O)N2CCCCC2c2nc(N)ncc2-c2ccccc2)cc1. The predicted octanol–water partition coefficient (Wildman–Crippen LogP) is 4.03. The van der Waals surface area contributed by atoms with E-state index >= 15 is 0 Å². The maximum Gasteiger partial charge on any atom is 0.227 e. The zero-order valence-corrected chi connectivity index (χ0v) is 17.1. The number of nitrogens with two attached hydrogens (primary N) is 1. The summed E-state index contributed by atoms with van der Waals surface area (Å²) in [6.45, 7) is 0.720. The molecular formula is C24H26N4O2. The molecule has 0 aliphatic carbocycles. The van der Waals surface area contributed by atoms with Crippen LogP contribution in [0.15, 0.2) is 60.8 Å². The predicted molar refractivity (Wildman–Crippen MR) is 117 cm³/mol. The van der Waals surface area contributed by atoms with Gasteiger partial charge in [-0.25, -0.2) is 9.97 Å². The Bertz CT molecular complexity index is 1010. The topological polar surface area (TPSA) is 81.3 Å². The zero-order chi connectivity index (χ0) is 20.9. The van der Waals surface area contributed by atoms with Crippen molar-refractivity contribution >= 4 is 11.9 Å². The third kappa shape index (κ3) is 4.27. The van der Waals surface area contributed by atoms with Gasteiger partial charge in [-0.2, -0.15) is 0 Å². The van der Waals surface area contributed by atoms with Gasteiger partial charge in [-0.1, -0.05) is 42.5 Å². The quantitative estimate of drug-likeness (QED) is 0.697. The molecule has 0 bridgehead atoms. The molecule has 1 atom stereocenters. The van der Waals surface area contributed by atoms with Crippen LogP contribution in [0.3, 0.4) is 0 Å². The molecule has 0 saturated carbocycles. The first-order chi connectivity index (χ1) is 14.7. The number of piperidine rings is 1. The Labute approximate surface area is 176 Å². The molecular weight excluding hydrogens is 376 g/mol. The number of amides is 1. The minimum absolute atomic E-state index is 0.0982. The maximum absolute atomic E-state index is 13.3. The van der Waals surface area contributed by atoms with Gasteiger partial charge in [0.2, 0.25) is 11.9 Å². The van der Waals surface area contributed by atoms with Gasteiger partial charge in [-0.3, -0.25) is 4.79 Å². The molecule has 1 aromatic heterocycles. The number of hydrogen-bond donors (Lipinski definition) is 1. The molecule has 154 valence electrons. The van der Waals surface area contributed by atoms with Crippen LogP contribution in [-0.4, -0.2) is 34.4 Å². The van der Waals surface area contributed by atoms with Crippen LogP contribution in [-0.2, 0) is 11.2 Å². The second kappa shape index (κ2) is 8.95. The summed E-state index contributed by atoms with van der Waals surface area (Å²) in [6, 6.07) is 17.6. The molecule has 30 heavy (non-hydrogen) atoms. The van der Waals surface area contributed by atoms with E-state index in [0.717, 1.165) is 53.9 Å². The van der Waals surface area contributed by atoms with Crippen LogP contribution in [0.5, 0.6) is 5.75 Å². The van der Waals surface area contributed by atoms with Crippen molar-refractivity contribution in [3.8, 4) is 16.9 Å². The van der Waals surface area contributed by atoms with Crippen LogP contribution in [0.4, 0.5) is 5.95 Å². The zero-order valence-electron chi connectivity index (χ0n) is 17.1. The Hall–Kier alpha value is -3.41. The van der Waals surface area contributed by atoms with E-state index in [9.17, 15) is 4.79 Å².